The first-order chi connectivity index (χ1) is 7.68. The van der Waals surface area contributed by atoms with Gasteiger partial charge >= 0.3 is 0 Å². The molecule has 0 aromatic heterocycles. The predicted molar refractivity (Wildman–Crippen MR) is 69.6 cm³/mol. The van der Waals surface area contributed by atoms with E-state index in [1.54, 1.807) is 0 Å². The van der Waals surface area contributed by atoms with Crippen LogP contribution in [0.4, 0.5) is 0 Å². The van der Waals surface area contributed by atoms with Gasteiger partial charge in [-0.1, -0.05) is 26.7 Å². The average molecular weight is 224 g/mol. The molecule has 16 heavy (non-hydrogen) atoms. The molecule has 2 nitrogen and oxygen atoms in total. The van der Waals surface area contributed by atoms with E-state index in [1.807, 2.05) is 0 Å². The molecular weight excluding hydrogens is 196 g/mol. The maximum atomic E-state index is 3.62. The predicted octanol–water partition coefficient (Wildman–Crippen LogP) is 2.54. The molecule has 0 aromatic rings. The molecule has 0 amide bonds. The Labute approximate surface area is 101 Å². The minimum absolute atomic E-state index is 0.496. The molecule has 0 atom stereocenters. The Kier molecular flexibility index (Phi) is 4.26. The molecule has 0 unspecified atom stereocenters. The average Bonchev–Trinajstić information content (AvgIpc) is 2.89. The van der Waals surface area contributed by atoms with Gasteiger partial charge in [-0.15, -0.1) is 0 Å². The molecule has 2 saturated carbocycles. The molecule has 2 aliphatic rings. The van der Waals surface area contributed by atoms with Crippen LogP contribution in [-0.2, 0) is 0 Å². The van der Waals surface area contributed by atoms with Crippen LogP contribution in [0.25, 0.3) is 0 Å². The minimum atomic E-state index is 0.496. The van der Waals surface area contributed by atoms with E-state index in [4.69, 9.17) is 0 Å². The van der Waals surface area contributed by atoms with Crippen molar-refractivity contribution in [1.29, 1.82) is 0 Å². The fraction of sp³-hybridized carbons (Fsp3) is 1.00. The smallest absolute Gasteiger partial charge is 0.00793 e. The highest BCUT2D eigenvalue weighted by atomic mass is 15.0. The number of hydrogen-bond donors (Lipinski definition) is 2. The molecule has 2 aliphatic carbocycles. The van der Waals surface area contributed by atoms with Crippen LogP contribution in [0.1, 0.15) is 52.4 Å². The second-order valence-corrected chi connectivity index (χ2v) is 6.38. The van der Waals surface area contributed by atoms with Crippen molar-refractivity contribution in [3.05, 3.63) is 0 Å². The highest BCUT2D eigenvalue weighted by Crippen LogP contribution is 2.38. The summed E-state index contributed by atoms with van der Waals surface area (Å²) in [5.41, 5.74) is 0.496. The molecule has 2 N–H and O–H groups in total. The summed E-state index contributed by atoms with van der Waals surface area (Å²) in [5.74, 6) is 0.955. The molecule has 0 bridgehead atoms. The Balaban J connectivity index is 1.55. The van der Waals surface area contributed by atoms with E-state index < -0.39 is 0 Å². The van der Waals surface area contributed by atoms with Crippen molar-refractivity contribution in [2.75, 3.05) is 19.6 Å². The summed E-state index contributed by atoms with van der Waals surface area (Å²) in [4.78, 5) is 0. The van der Waals surface area contributed by atoms with Gasteiger partial charge in [0.15, 0.2) is 0 Å². The third-order valence-electron chi connectivity index (χ3n) is 4.35. The van der Waals surface area contributed by atoms with E-state index in [-0.39, 0.29) is 0 Å². The van der Waals surface area contributed by atoms with Gasteiger partial charge in [-0.3, -0.25) is 0 Å². The third-order valence-corrected chi connectivity index (χ3v) is 4.35. The van der Waals surface area contributed by atoms with E-state index in [9.17, 15) is 0 Å². The van der Waals surface area contributed by atoms with Crippen LogP contribution in [0.2, 0.25) is 0 Å². The Morgan fingerprint density at radius 1 is 1.00 bits per heavy atom. The van der Waals surface area contributed by atoms with E-state index in [0.29, 0.717) is 5.41 Å². The van der Waals surface area contributed by atoms with Gasteiger partial charge in [0.25, 0.3) is 0 Å². The van der Waals surface area contributed by atoms with Crippen molar-refractivity contribution in [3.63, 3.8) is 0 Å². The van der Waals surface area contributed by atoms with Crippen molar-refractivity contribution in [2.24, 2.45) is 11.3 Å². The van der Waals surface area contributed by atoms with E-state index >= 15 is 0 Å². The fourth-order valence-electron chi connectivity index (χ4n) is 2.91. The number of hydrogen-bond acceptors (Lipinski definition) is 2. The largest absolute Gasteiger partial charge is 0.315 e. The molecule has 0 radical (unpaired) electrons. The maximum absolute atomic E-state index is 3.62. The molecular formula is C14H28N2. The van der Waals surface area contributed by atoms with Gasteiger partial charge < -0.3 is 10.6 Å². The summed E-state index contributed by atoms with van der Waals surface area (Å²) >= 11 is 0. The molecule has 0 aromatic carbocycles. The SMILES string of the molecule is CC(C)(CNCCNC1CC1)C1CCCC1. The number of nitrogens with one attached hydrogen (secondary N) is 2. The van der Waals surface area contributed by atoms with Gasteiger partial charge in [0.05, 0.1) is 0 Å². The van der Waals surface area contributed by atoms with Gasteiger partial charge in [-0.2, -0.15) is 0 Å². The lowest BCUT2D eigenvalue weighted by molar-refractivity contribution is 0.208. The highest BCUT2D eigenvalue weighted by Gasteiger charge is 2.31. The topological polar surface area (TPSA) is 24.1 Å². The van der Waals surface area contributed by atoms with Crippen molar-refractivity contribution in [3.8, 4) is 0 Å². The summed E-state index contributed by atoms with van der Waals surface area (Å²) in [6.07, 6.45) is 8.61. The first kappa shape index (κ1) is 12.4. The summed E-state index contributed by atoms with van der Waals surface area (Å²) in [5, 5.41) is 7.17. The fourth-order valence-corrected chi connectivity index (χ4v) is 2.91. The molecule has 0 spiro atoms. The summed E-state index contributed by atoms with van der Waals surface area (Å²) in [6, 6.07) is 0.852. The standard InChI is InChI=1S/C14H28N2/c1-14(2,12-5-3-4-6-12)11-15-9-10-16-13-7-8-13/h12-13,15-16H,3-11H2,1-2H3. The van der Waals surface area contributed by atoms with Crippen LogP contribution in [-0.4, -0.2) is 25.7 Å². The van der Waals surface area contributed by atoms with Gasteiger partial charge in [0.1, 0.15) is 0 Å². The normalized spacial score (nSPS) is 22.9. The molecule has 94 valence electrons. The van der Waals surface area contributed by atoms with Crippen LogP contribution in [0.5, 0.6) is 0 Å². The highest BCUT2D eigenvalue weighted by molar-refractivity contribution is 4.84. The monoisotopic (exact) mass is 224 g/mol. The zero-order valence-electron chi connectivity index (χ0n) is 11.0. The van der Waals surface area contributed by atoms with Gasteiger partial charge in [0, 0.05) is 25.7 Å². The van der Waals surface area contributed by atoms with E-state index in [0.717, 1.165) is 25.0 Å². The van der Waals surface area contributed by atoms with Gasteiger partial charge in [-0.05, 0) is 37.0 Å². The molecule has 0 heterocycles. The van der Waals surface area contributed by atoms with Crippen LogP contribution in [0, 0.1) is 11.3 Å². The first-order valence-electron chi connectivity index (χ1n) is 7.12. The van der Waals surface area contributed by atoms with Crippen molar-refractivity contribution < 1.29 is 0 Å². The van der Waals surface area contributed by atoms with Gasteiger partial charge in [-0.25, -0.2) is 0 Å². The zero-order chi connectivity index (χ0) is 11.4. The molecule has 0 saturated heterocycles. The summed E-state index contributed by atoms with van der Waals surface area (Å²) in [6.45, 7) is 8.33. The maximum Gasteiger partial charge on any atom is 0.00793 e. The van der Waals surface area contributed by atoms with E-state index in [1.165, 1.54) is 45.1 Å². The lowest BCUT2D eigenvalue weighted by atomic mass is 9.78. The summed E-state index contributed by atoms with van der Waals surface area (Å²) in [7, 11) is 0. The second-order valence-electron chi connectivity index (χ2n) is 6.38. The Bertz CT molecular complexity index is 203. The lowest BCUT2D eigenvalue weighted by Gasteiger charge is -2.32. The van der Waals surface area contributed by atoms with Crippen LogP contribution >= 0.6 is 0 Å². The second kappa shape index (κ2) is 5.50. The zero-order valence-corrected chi connectivity index (χ0v) is 11.0. The quantitative estimate of drug-likeness (QED) is 0.649. The Morgan fingerprint density at radius 3 is 2.31 bits per heavy atom. The lowest BCUT2D eigenvalue weighted by Crippen LogP contribution is -2.38. The van der Waals surface area contributed by atoms with Crippen molar-refractivity contribution in [1.82, 2.24) is 10.6 Å². The van der Waals surface area contributed by atoms with Crippen LogP contribution in [0.3, 0.4) is 0 Å². The van der Waals surface area contributed by atoms with Crippen molar-refractivity contribution in [2.45, 2.75) is 58.4 Å². The van der Waals surface area contributed by atoms with Crippen LogP contribution < -0.4 is 10.6 Å². The van der Waals surface area contributed by atoms with Crippen LogP contribution in [0.15, 0.2) is 0 Å². The van der Waals surface area contributed by atoms with Crippen molar-refractivity contribution >= 4 is 0 Å². The third kappa shape index (κ3) is 3.74. The minimum Gasteiger partial charge on any atom is -0.315 e. The Hall–Kier alpha value is -0.0800. The molecule has 2 heteroatoms. The Morgan fingerprint density at radius 2 is 1.69 bits per heavy atom. The van der Waals surface area contributed by atoms with E-state index in [2.05, 4.69) is 24.5 Å². The molecule has 2 rings (SSSR count). The summed E-state index contributed by atoms with van der Waals surface area (Å²) < 4.78 is 0. The first-order valence-corrected chi connectivity index (χ1v) is 7.12. The van der Waals surface area contributed by atoms with Gasteiger partial charge in [0.2, 0.25) is 0 Å². The number of rotatable bonds is 7. The molecule has 2 fully saturated rings. The molecule has 0 aliphatic heterocycles.